The van der Waals surface area contributed by atoms with Gasteiger partial charge in [0.2, 0.25) is 5.91 Å². The van der Waals surface area contributed by atoms with Gasteiger partial charge in [0, 0.05) is 29.0 Å². The van der Waals surface area contributed by atoms with E-state index >= 15 is 0 Å². The third-order valence-electron chi connectivity index (χ3n) is 4.50. The van der Waals surface area contributed by atoms with Crippen molar-refractivity contribution in [2.45, 2.75) is 32.2 Å². The summed E-state index contributed by atoms with van der Waals surface area (Å²) in [4.78, 5) is 27.1. The highest BCUT2D eigenvalue weighted by Gasteiger charge is 2.30. The Balaban J connectivity index is 1.71. The molecule has 0 aliphatic carbocycles. The summed E-state index contributed by atoms with van der Waals surface area (Å²) in [6, 6.07) is 13.4. The Morgan fingerprint density at radius 2 is 1.96 bits per heavy atom. The van der Waals surface area contributed by atoms with E-state index in [1.807, 2.05) is 36.1 Å². The van der Waals surface area contributed by atoms with Gasteiger partial charge in [0.15, 0.2) is 5.78 Å². The lowest BCUT2D eigenvalue weighted by Crippen LogP contribution is -2.35. The number of rotatable bonds is 5. The number of ketones is 1. The van der Waals surface area contributed by atoms with E-state index in [-0.39, 0.29) is 30.6 Å². The largest absolute Gasteiger partial charge is 0.496 e. The molecule has 2 aromatic carbocycles. The summed E-state index contributed by atoms with van der Waals surface area (Å²) >= 11 is 3.37. The Hall–Kier alpha value is -2.14. The number of anilines is 1. The number of carbonyl (C=O) groups is 2. The maximum absolute atomic E-state index is 12.7. The lowest BCUT2D eigenvalue weighted by atomic mass is 10.0. The highest BCUT2D eigenvalue weighted by atomic mass is 79.9. The molecule has 0 saturated heterocycles. The number of Topliss-reactive ketones (excluding diaryl/α,β-unsaturated/α-hetero) is 1. The minimum atomic E-state index is -0.0911. The van der Waals surface area contributed by atoms with E-state index in [4.69, 9.17) is 4.74 Å². The maximum atomic E-state index is 12.7. The minimum Gasteiger partial charge on any atom is -0.496 e. The molecule has 25 heavy (non-hydrogen) atoms. The van der Waals surface area contributed by atoms with Crippen LogP contribution in [0, 0.1) is 0 Å². The van der Waals surface area contributed by atoms with Crippen molar-refractivity contribution in [2.24, 2.45) is 0 Å². The van der Waals surface area contributed by atoms with Gasteiger partial charge in [-0.1, -0.05) is 34.1 Å². The summed E-state index contributed by atoms with van der Waals surface area (Å²) in [6.45, 7) is 2.04. The molecule has 0 aromatic heterocycles. The van der Waals surface area contributed by atoms with E-state index in [2.05, 4.69) is 22.0 Å². The molecular formula is C20H20BrNO3. The summed E-state index contributed by atoms with van der Waals surface area (Å²) in [5.41, 5.74) is 2.65. The molecule has 1 atom stereocenters. The molecule has 130 valence electrons. The van der Waals surface area contributed by atoms with Crippen LogP contribution in [0.5, 0.6) is 5.75 Å². The Kier molecular flexibility index (Phi) is 5.23. The number of hydrogen-bond acceptors (Lipinski definition) is 3. The van der Waals surface area contributed by atoms with Gasteiger partial charge in [-0.05, 0) is 43.2 Å². The first-order chi connectivity index (χ1) is 12.0. The molecule has 1 heterocycles. The van der Waals surface area contributed by atoms with E-state index in [1.54, 1.807) is 12.1 Å². The van der Waals surface area contributed by atoms with E-state index in [1.165, 1.54) is 12.7 Å². The van der Waals surface area contributed by atoms with Gasteiger partial charge >= 0.3 is 0 Å². The summed E-state index contributed by atoms with van der Waals surface area (Å²) < 4.78 is 6.06. The highest BCUT2D eigenvalue weighted by molar-refractivity contribution is 9.10. The van der Waals surface area contributed by atoms with Crippen LogP contribution in [-0.4, -0.2) is 24.8 Å². The molecule has 0 bridgehead atoms. The number of fused-ring (bicyclic) bond motifs is 1. The molecule has 0 radical (unpaired) electrons. The van der Waals surface area contributed by atoms with Gasteiger partial charge in [-0.25, -0.2) is 0 Å². The first-order valence-electron chi connectivity index (χ1n) is 8.28. The van der Waals surface area contributed by atoms with Crippen LogP contribution < -0.4 is 9.64 Å². The Labute approximate surface area is 155 Å². The summed E-state index contributed by atoms with van der Waals surface area (Å²) in [6.07, 6.45) is 1.21. The first kappa shape index (κ1) is 17.7. The number of hydrogen-bond donors (Lipinski definition) is 0. The fourth-order valence-electron chi connectivity index (χ4n) is 3.32. The van der Waals surface area contributed by atoms with Gasteiger partial charge in [-0.2, -0.15) is 0 Å². The average Bonchev–Trinajstić information content (AvgIpc) is 2.95. The van der Waals surface area contributed by atoms with Crippen molar-refractivity contribution in [1.82, 2.24) is 0 Å². The molecule has 1 aliphatic heterocycles. The maximum Gasteiger partial charge on any atom is 0.227 e. The molecule has 0 saturated carbocycles. The van der Waals surface area contributed by atoms with E-state index in [0.717, 1.165) is 16.6 Å². The fraction of sp³-hybridized carbons (Fsp3) is 0.300. The minimum absolute atomic E-state index is 0.0141. The van der Waals surface area contributed by atoms with Crippen molar-refractivity contribution in [2.75, 3.05) is 12.0 Å². The van der Waals surface area contributed by atoms with Crippen LogP contribution in [0.4, 0.5) is 5.69 Å². The highest BCUT2D eigenvalue weighted by Crippen LogP contribution is 2.32. The van der Waals surface area contributed by atoms with Crippen molar-refractivity contribution in [3.63, 3.8) is 0 Å². The van der Waals surface area contributed by atoms with Crippen molar-refractivity contribution >= 4 is 33.3 Å². The van der Waals surface area contributed by atoms with Gasteiger partial charge in [-0.3, -0.25) is 9.59 Å². The molecule has 3 rings (SSSR count). The molecule has 0 fully saturated rings. The predicted molar refractivity (Wildman–Crippen MR) is 101 cm³/mol. The van der Waals surface area contributed by atoms with Crippen LogP contribution in [0.2, 0.25) is 0 Å². The fourth-order valence-corrected chi connectivity index (χ4v) is 3.68. The monoisotopic (exact) mass is 401 g/mol. The number of methoxy groups -OCH3 is 1. The van der Waals surface area contributed by atoms with Crippen molar-refractivity contribution < 1.29 is 14.3 Å². The lowest BCUT2D eigenvalue weighted by molar-refractivity contribution is -0.118. The van der Waals surface area contributed by atoms with Gasteiger partial charge in [0.25, 0.3) is 0 Å². The Morgan fingerprint density at radius 3 is 2.72 bits per heavy atom. The molecule has 0 spiro atoms. The molecule has 5 heteroatoms. The third-order valence-corrected chi connectivity index (χ3v) is 5.00. The van der Waals surface area contributed by atoms with Gasteiger partial charge in [-0.15, -0.1) is 0 Å². The number of para-hydroxylation sites is 1. The topological polar surface area (TPSA) is 46.6 Å². The molecule has 0 unspecified atom stereocenters. The summed E-state index contributed by atoms with van der Waals surface area (Å²) in [7, 11) is 1.54. The number of carbonyl (C=O) groups excluding carboxylic acids is 2. The van der Waals surface area contributed by atoms with E-state index in [0.29, 0.717) is 11.3 Å². The van der Waals surface area contributed by atoms with Gasteiger partial charge in [0.1, 0.15) is 5.75 Å². The first-order valence-corrected chi connectivity index (χ1v) is 9.07. The number of ether oxygens (including phenoxy) is 1. The van der Waals surface area contributed by atoms with Crippen molar-refractivity contribution in [1.29, 1.82) is 0 Å². The van der Waals surface area contributed by atoms with Crippen LogP contribution in [0.1, 0.15) is 35.7 Å². The Bertz CT molecular complexity index is 818. The molecule has 1 aliphatic rings. The number of benzene rings is 2. The zero-order chi connectivity index (χ0) is 18.0. The predicted octanol–water partition coefficient (Wildman–Crippen LogP) is 4.40. The number of nitrogens with zero attached hydrogens (tertiary/aromatic N) is 1. The molecule has 1 amide bonds. The van der Waals surface area contributed by atoms with Crippen LogP contribution in [0.25, 0.3) is 0 Å². The molecule has 0 N–H and O–H groups in total. The lowest BCUT2D eigenvalue weighted by Gasteiger charge is -2.22. The van der Waals surface area contributed by atoms with Crippen LogP contribution >= 0.6 is 15.9 Å². The van der Waals surface area contributed by atoms with E-state index in [9.17, 15) is 9.59 Å². The zero-order valence-electron chi connectivity index (χ0n) is 14.3. The molecule has 4 nitrogen and oxygen atoms in total. The second-order valence-electron chi connectivity index (χ2n) is 6.21. The van der Waals surface area contributed by atoms with E-state index < -0.39 is 0 Å². The molecule has 2 aromatic rings. The zero-order valence-corrected chi connectivity index (χ0v) is 15.9. The van der Waals surface area contributed by atoms with Crippen molar-refractivity contribution in [3.05, 3.63) is 58.1 Å². The number of halogens is 1. The van der Waals surface area contributed by atoms with Gasteiger partial charge < -0.3 is 9.64 Å². The normalized spacial score (nSPS) is 15.8. The van der Waals surface area contributed by atoms with Crippen LogP contribution in [0.15, 0.2) is 46.9 Å². The second-order valence-corrected chi connectivity index (χ2v) is 7.13. The second kappa shape index (κ2) is 7.40. The van der Waals surface area contributed by atoms with Gasteiger partial charge in [0.05, 0.1) is 12.7 Å². The third kappa shape index (κ3) is 3.61. The smallest absolute Gasteiger partial charge is 0.227 e. The average molecular weight is 402 g/mol. The SMILES string of the molecule is COc1ccc(Br)cc1C(=O)CCC(=O)N1c2ccccc2C[C@H]1C. The van der Waals surface area contributed by atoms with Crippen molar-refractivity contribution in [3.8, 4) is 5.75 Å². The standard InChI is InChI=1S/C20H20BrNO3/c1-13-11-14-5-3-4-6-17(14)22(13)20(24)10-8-18(23)16-12-15(21)7-9-19(16)25-2/h3-7,9,12-13H,8,10-11H2,1-2H3/t13-/m1/s1. The van der Waals surface area contributed by atoms with Crippen LogP contribution in [0.3, 0.4) is 0 Å². The Morgan fingerprint density at radius 1 is 1.20 bits per heavy atom. The summed E-state index contributed by atoms with van der Waals surface area (Å²) in [5, 5.41) is 0. The number of amides is 1. The molecular weight excluding hydrogens is 382 g/mol. The summed E-state index contributed by atoms with van der Waals surface area (Å²) in [5.74, 6) is 0.423. The quantitative estimate of drug-likeness (QED) is 0.697. The van der Waals surface area contributed by atoms with Crippen LogP contribution in [-0.2, 0) is 11.2 Å².